The van der Waals surface area contributed by atoms with Crippen molar-refractivity contribution in [2.24, 2.45) is 4.99 Å². The number of guanidine groups is 1. The summed E-state index contributed by atoms with van der Waals surface area (Å²) >= 11 is 0. The van der Waals surface area contributed by atoms with Crippen molar-refractivity contribution in [2.45, 2.75) is 24.9 Å². The maximum atomic E-state index is 12.3. The van der Waals surface area contributed by atoms with E-state index in [-0.39, 0.29) is 35.4 Å². The van der Waals surface area contributed by atoms with Crippen LogP contribution in [-0.4, -0.2) is 41.2 Å². The van der Waals surface area contributed by atoms with E-state index < -0.39 is 10.0 Å². The first-order valence-electron chi connectivity index (χ1n) is 9.19. The Hall–Kier alpha value is -1.69. The van der Waals surface area contributed by atoms with Crippen molar-refractivity contribution in [3.05, 3.63) is 65.7 Å². The average molecular weight is 532 g/mol. The van der Waals surface area contributed by atoms with Crippen molar-refractivity contribution < 1.29 is 13.2 Å². The summed E-state index contributed by atoms with van der Waals surface area (Å²) < 4.78 is 32.1. The zero-order valence-electron chi connectivity index (χ0n) is 16.7. The molecule has 3 N–H and O–H groups in total. The van der Waals surface area contributed by atoms with Gasteiger partial charge in [-0.05, 0) is 30.2 Å². The molecular formula is C20H29IN4O3S. The van der Waals surface area contributed by atoms with Crippen LogP contribution in [0.2, 0.25) is 0 Å². The second kappa shape index (κ2) is 13.5. The Kier molecular flexibility index (Phi) is 11.8. The normalized spacial score (nSPS) is 11.6. The number of nitrogens with one attached hydrogen (secondary N) is 3. The van der Waals surface area contributed by atoms with Crippen molar-refractivity contribution in [3.8, 4) is 0 Å². The zero-order valence-corrected chi connectivity index (χ0v) is 19.9. The standard InChI is InChI=1S/C20H28N4O3S.HI/c1-3-21-20(22-15-17-8-5-4-6-9-17)23-16-18-10-7-11-19(14-18)28(25,26)24-12-13-27-2;/h4-11,14,24H,3,12-13,15-16H2,1-2H3,(H2,21,22,23);1H. The predicted molar refractivity (Wildman–Crippen MR) is 127 cm³/mol. The van der Waals surface area contributed by atoms with Gasteiger partial charge in [-0.15, -0.1) is 24.0 Å². The molecule has 0 spiro atoms. The van der Waals surface area contributed by atoms with Crippen molar-refractivity contribution in [1.82, 2.24) is 15.4 Å². The molecule has 0 unspecified atom stereocenters. The molecule has 7 nitrogen and oxygen atoms in total. The van der Waals surface area contributed by atoms with Gasteiger partial charge in [-0.25, -0.2) is 18.1 Å². The van der Waals surface area contributed by atoms with Crippen LogP contribution in [-0.2, 0) is 27.8 Å². The molecule has 2 aromatic rings. The topological polar surface area (TPSA) is 91.8 Å². The van der Waals surface area contributed by atoms with Gasteiger partial charge in [-0.1, -0.05) is 42.5 Å². The molecule has 0 saturated heterocycles. The van der Waals surface area contributed by atoms with Crippen molar-refractivity contribution in [2.75, 3.05) is 26.8 Å². The lowest BCUT2D eigenvalue weighted by molar-refractivity contribution is 0.204. The van der Waals surface area contributed by atoms with Crippen molar-refractivity contribution >= 4 is 40.0 Å². The molecule has 2 aromatic carbocycles. The molecule has 0 atom stereocenters. The number of sulfonamides is 1. The Morgan fingerprint density at radius 2 is 1.76 bits per heavy atom. The van der Waals surface area contributed by atoms with E-state index in [4.69, 9.17) is 4.74 Å². The third-order valence-electron chi connectivity index (χ3n) is 3.87. The molecule has 29 heavy (non-hydrogen) atoms. The van der Waals surface area contributed by atoms with E-state index in [1.807, 2.05) is 43.3 Å². The first kappa shape index (κ1) is 25.3. The molecule has 0 bridgehead atoms. The number of benzene rings is 2. The van der Waals surface area contributed by atoms with Gasteiger partial charge in [0.15, 0.2) is 5.96 Å². The van der Waals surface area contributed by atoms with Crippen LogP contribution in [0.5, 0.6) is 0 Å². The number of methoxy groups -OCH3 is 1. The summed E-state index contributed by atoms with van der Waals surface area (Å²) in [4.78, 5) is 4.78. The molecule has 0 aliphatic heterocycles. The second-order valence-electron chi connectivity index (χ2n) is 6.07. The van der Waals surface area contributed by atoms with Crippen LogP contribution in [0.15, 0.2) is 64.5 Å². The minimum atomic E-state index is -3.56. The lowest BCUT2D eigenvalue weighted by atomic mass is 10.2. The zero-order chi connectivity index (χ0) is 20.2. The van der Waals surface area contributed by atoms with Gasteiger partial charge in [-0.3, -0.25) is 0 Å². The number of ether oxygens (including phenoxy) is 1. The van der Waals surface area contributed by atoms with E-state index in [0.29, 0.717) is 25.7 Å². The average Bonchev–Trinajstić information content (AvgIpc) is 2.71. The van der Waals surface area contributed by atoms with Gasteiger partial charge in [0, 0.05) is 26.7 Å². The van der Waals surface area contributed by atoms with Crippen LogP contribution in [0.1, 0.15) is 18.1 Å². The number of rotatable bonds is 10. The van der Waals surface area contributed by atoms with Crippen LogP contribution in [0, 0.1) is 0 Å². The lowest BCUT2D eigenvalue weighted by Crippen LogP contribution is -2.36. The van der Waals surface area contributed by atoms with Gasteiger partial charge >= 0.3 is 0 Å². The molecule has 0 aromatic heterocycles. The first-order valence-corrected chi connectivity index (χ1v) is 10.7. The van der Waals surface area contributed by atoms with E-state index in [1.165, 1.54) is 7.11 Å². The highest BCUT2D eigenvalue weighted by Gasteiger charge is 2.13. The fourth-order valence-electron chi connectivity index (χ4n) is 2.47. The van der Waals surface area contributed by atoms with Crippen molar-refractivity contribution in [1.29, 1.82) is 0 Å². The summed E-state index contributed by atoms with van der Waals surface area (Å²) in [5.74, 6) is 0.679. The van der Waals surface area contributed by atoms with Crippen molar-refractivity contribution in [3.63, 3.8) is 0 Å². The maximum Gasteiger partial charge on any atom is 0.240 e. The van der Waals surface area contributed by atoms with Crippen LogP contribution in [0.4, 0.5) is 0 Å². The lowest BCUT2D eigenvalue weighted by Gasteiger charge is -2.12. The van der Waals surface area contributed by atoms with Gasteiger partial charge in [0.1, 0.15) is 0 Å². The highest BCUT2D eigenvalue weighted by atomic mass is 127. The molecule has 0 aliphatic rings. The Balaban J connectivity index is 0.00000420. The molecule has 2 rings (SSSR count). The number of nitrogens with zero attached hydrogens (tertiary/aromatic N) is 1. The predicted octanol–water partition coefficient (Wildman–Crippen LogP) is 2.48. The molecule has 0 aliphatic carbocycles. The monoisotopic (exact) mass is 532 g/mol. The molecule has 0 amide bonds. The molecule has 0 heterocycles. The number of hydrogen-bond donors (Lipinski definition) is 3. The minimum absolute atomic E-state index is 0. The summed E-state index contributed by atoms with van der Waals surface area (Å²) in [7, 11) is -2.03. The Bertz CT molecular complexity index is 861. The number of aliphatic imine (C=N–C) groups is 1. The van der Waals surface area contributed by atoms with Gasteiger partial charge in [-0.2, -0.15) is 0 Å². The Morgan fingerprint density at radius 1 is 1.03 bits per heavy atom. The molecule has 0 saturated carbocycles. The highest BCUT2D eigenvalue weighted by Crippen LogP contribution is 2.12. The summed E-state index contributed by atoms with van der Waals surface area (Å²) in [6, 6.07) is 16.8. The largest absolute Gasteiger partial charge is 0.383 e. The van der Waals surface area contributed by atoms with E-state index in [1.54, 1.807) is 18.2 Å². The van der Waals surface area contributed by atoms with E-state index in [9.17, 15) is 8.42 Å². The van der Waals surface area contributed by atoms with Gasteiger partial charge in [0.25, 0.3) is 0 Å². The van der Waals surface area contributed by atoms with E-state index in [2.05, 4.69) is 20.3 Å². The molecule has 9 heteroatoms. The second-order valence-corrected chi connectivity index (χ2v) is 7.84. The van der Waals surface area contributed by atoms with Gasteiger partial charge < -0.3 is 15.4 Å². The summed E-state index contributed by atoms with van der Waals surface area (Å²) in [6.45, 7) is 4.31. The Morgan fingerprint density at radius 3 is 2.45 bits per heavy atom. The minimum Gasteiger partial charge on any atom is -0.383 e. The SMILES string of the molecule is CCNC(=NCc1cccc(S(=O)(=O)NCCOC)c1)NCc1ccccc1.I. The molecular weight excluding hydrogens is 503 g/mol. The molecule has 0 radical (unpaired) electrons. The summed E-state index contributed by atoms with van der Waals surface area (Å²) in [5, 5.41) is 6.48. The van der Waals surface area contributed by atoms with E-state index >= 15 is 0 Å². The smallest absolute Gasteiger partial charge is 0.240 e. The van der Waals surface area contributed by atoms with Crippen LogP contribution in [0.3, 0.4) is 0 Å². The fraction of sp³-hybridized carbons (Fsp3) is 0.350. The number of halogens is 1. The van der Waals surface area contributed by atoms with E-state index in [0.717, 1.165) is 17.7 Å². The maximum absolute atomic E-state index is 12.3. The molecule has 0 fully saturated rings. The van der Waals surface area contributed by atoms with Crippen LogP contribution < -0.4 is 15.4 Å². The molecule has 160 valence electrons. The highest BCUT2D eigenvalue weighted by molar-refractivity contribution is 14.0. The number of hydrogen-bond acceptors (Lipinski definition) is 4. The Labute approximate surface area is 190 Å². The fourth-order valence-corrected chi connectivity index (χ4v) is 3.55. The van der Waals surface area contributed by atoms with Crippen LogP contribution in [0.25, 0.3) is 0 Å². The third-order valence-corrected chi connectivity index (χ3v) is 5.33. The third kappa shape index (κ3) is 9.11. The van der Waals surface area contributed by atoms with Gasteiger partial charge in [0.2, 0.25) is 10.0 Å². The first-order chi connectivity index (χ1) is 13.5. The summed E-state index contributed by atoms with van der Waals surface area (Å²) in [5.41, 5.74) is 1.97. The summed E-state index contributed by atoms with van der Waals surface area (Å²) in [6.07, 6.45) is 0. The van der Waals surface area contributed by atoms with Crippen LogP contribution >= 0.6 is 24.0 Å². The van der Waals surface area contributed by atoms with Gasteiger partial charge in [0.05, 0.1) is 18.0 Å². The quantitative estimate of drug-likeness (QED) is 0.189.